The number of hydrogen-bond acceptors (Lipinski definition) is 3. The van der Waals surface area contributed by atoms with Crippen LogP contribution in [0.2, 0.25) is 0 Å². The third-order valence-electron chi connectivity index (χ3n) is 3.37. The van der Waals surface area contributed by atoms with E-state index in [4.69, 9.17) is 0 Å². The van der Waals surface area contributed by atoms with E-state index < -0.39 is 5.60 Å². The van der Waals surface area contributed by atoms with Gasteiger partial charge in [-0.15, -0.1) is 0 Å². The molecule has 0 heterocycles. The van der Waals surface area contributed by atoms with Crippen LogP contribution in [0.25, 0.3) is 0 Å². The second-order valence-electron chi connectivity index (χ2n) is 6.40. The molecule has 0 radical (unpaired) electrons. The van der Waals surface area contributed by atoms with E-state index in [2.05, 4.69) is 64.4 Å². The molecule has 120 valence electrons. The van der Waals surface area contributed by atoms with Crippen molar-refractivity contribution in [2.24, 2.45) is 0 Å². The van der Waals surface area contributed by atoms with Crippen molar-refractivity contribution in [3.63, 3.8) is 0 Å². The maximum Gasteiger partial charge on any atom is 0.0718 e. The van der Waals surface area contributed by atoms with Gasteiger partial charge in [0.25, 0.3) is 0 Å². The van der Waals surface area contributed by atoms with E-state index in [1.165, 1.54) is 5.56 Å². The maximum absolute atomic E-state index is 9.88. The lowest BCUT2D eigenvalue weighted by atomic mass is 10.0. The van der Waals surface area contributed by atoms with E-state index in [1.807, 2.05) is 13.8 Å². The Labute approximate surface area is 137 Å². The van der Waals surface area contributed by atoms with Crippen LogP contribution in [0.15, 0.2) is 28.7 Å². The van der Waals surface area contributed by atoms with Gasteiger partial charge in [-0.05, 0) is 64.5 Å². The normalized spacial score (nSPS) is 13.7. The van der Waals surface area contributed by atoms with E-state index in [9.17, 15) is 5.11 Å². The summed E-state index contributed by atoms with van der Waals surface area (Å²) in [6.07, 6.45) is 2.17. The van der Waals surface area contributed by atoms with Crippen LogP contribution < -0.4 is 5.32 Å². The van der Waals surface area contributed by atoms with Crippen LogP contribution in [0.3, 0.4) is 0 Å². The van der Waals surface area contributed by atoms with Gasteiger partial charge in [-0.2, -0.15) is 0 Å². The molecule has 0 aliphatic heterocycles. The molecule has 1 rings (SSSR count). The molecule has 0 fully saturated rings. The Morgan fingerprint density at radius 3 is 2.43 bits per heavy atom. The second-order valence-corrected chi connectivity index (χ2v) is 7.31. The third-order valence-corrected chi connectivity index (χ3v) is 3.90. The third kappa shape index (κ3) is 7.96. The minimum atomic E-state index is -0.640. The molecular weight excluding hydrogens is 328 g/mol. The largest absolute Gasteiger partial charge is 0.389 e. The van der Waals surface area contributed by atoms with Gasteiger partial charge >= 0.3 is 0 Å². The van der Waals surface area contributed by atoms with E-state index in [-0.39, 0.29) is 0 Å². The molecule has 0 bridgehead atoms. The average molecular weight is 357 g/mol. The Morgan fingerprint density at radius 1 is 1.29 bits per heavy atom. The average Bonchev–Trinajstić information content (AvgIpc) is 2.38. The predicted molar refractivity (Wildman–Crippen MR) is 93.6 cm³/mol. The first-order chi connectivity index (χ1) is 9.81. The Bertz CT molecular complexity index is 400. The van der Waals surface area contributed by atoms with Crippen molar-refractivity contribution >= 4 is 15.9 Å². The summed E-state index contributed by atoms with van der Waals surface area (Å²) in [6, 6.07) is 8.90. The standard InChI is InChI=1S/C17H29BrN2O/c1-5-11-19-16(14-6-8-15(18)9-7-14)10-12-20(4)13-17(2,3)21/h6-9,16,19,21H,5,10-13H2,1-4H3. The monoisotopic (exact) mass is 356 g/mol. The lowest BCUT2D eigenvalue weighted by Crippen LogP contribution is -2.37. The second kappa shape index (κ2) is 8.89. The highest BCUT2D eigenvalue weighted by Crippen LogP contribution is 2.20. The minimum absolute atomic E-state index is 0.363. The molecule has 1 aromatic rings. The molecule has 0 spiro atoms. The summed E-state index contributed by atoms with van der Waals surface area (Å²) in [4.78, 5) is 2.19. The fourth-order valence-electron chi connectivity index (χ4n) is 2.49. The number of nitrogens with one attached hydrogen (secondary N) is 1. The molecule has 0 saturated heterocycles. The van der Waals surface area contributed by atoms with E-state index >= 15 is 0 Å². The van der Waals surface area contributed by atoms with Crippen molar-refractivity contribution in [1.29, 1.82) is 0 Å². The van der Waals surface area contributed by atoms with Crippen LogP contribution in [0, 0.1) is 0 Å². The first-order valence-electron chi connectivity index (χ1n) is 7.71. The first-order valence-corrected chi connectivity index (χ1v) is 8.51. The molecule has 0 saturated carbocycles. The Morgan fingerprint density at radius 2 is 1.90 bits per heavy atom. The topological polar surface area (TPSA) is 35.5 Å². The molecule has 21 heavy (non-hydrogen) atoms. The highest BCUT2D eigenvalue weighted by Gasteiger charge is 2.17. The molecule has 4 heteroatoms. The summed E-state index contributed by atoms with van der Waals surface area (Å²) < 4.78 is 1.11. The van der Waals surface area contributed by atoms with Crippen LogP contribution in [0.4, 0.5) is 0 Å². The fraction of sp³-hybridized carbons (Fsp3) is 0.647. The molecule has 0 amide bonds. The first kappa shape index (κ1) is 18.6. The highest BCUT2D eigenvalue weighted by molar-refractivity contribution is 9.10. The fourth-order valence-corrected chi connectivity index (χ4v) is 2.75. The summed E-state index contributed by atoms with van der Waals surface area (Å²) >= 11 is 3.49. The molecule has 1 aromatic carbocycles. The Hall–Kier alpha value is -0.420. The number of nitrogens with zero attached hydrogens (tertiary/aromatic N) is 1. The molecule has 2 N–H and O–H groups in total. The zero-order valence-electron chi connectivity index (χ0n) is 13.7. The van der Waals surface area contributed by atoms with E-state index in [1.54, 1.807) is 0 Å². The summed E-state index contributed by atoms with van der Waals surface area (Å²) in [6.45, 7) is 8.56. The van der Waals surface area contributed by atoms with Gasteiger partial charge in [0.1, 0.15) is 0 Å². The zero-order chi connectivity index (χ0) is 15.9. The van der Waals surface area contributed by atoms with Gasteiger partial charge in [0.05, 0.1) is 5.60 Å². The van der Waals surface area contributed by atoms with E-state index in [0.29, 0.717) is 12.6 Å². The lowest BCUT2D eigenvalue weighted by Gasteiger charge is -2.27. The number of hydrogen-bond donors (Lipinski definition) is 2. The van der Waals surface area contributed by atoms with Crippen molar-refractivity contribution in [2.45, 2.75) is 45.3 Å². The molecule has 0 aliphatic rings. The van der Waals surface area contributed by atoms with Crippen molar-refractivity contribution in [1.82, 2.24) is 10.2 Å². The van der Waals surface area contributed by atoms with Crippen LogP contribution in [-0.2, 0) is 0 Å². The van der Waals surface area contributed by atoms with Crippen LogP contribution in [0.5, 0.6) is 0 Å². The number of benzene rings is 1. The molecule has 0 aliphatic carbocycles. The van der Waals surface area contributed by atoms with Gasteiger partial charge < -0.3 is 15.3 Å². The Balaban J connectivity index is 2.60. The smallest absolute Gasteiger partial charge is 0.0718 e. The minimum Gasteiger partial charge on any atom is -0.389 e. The van der Waals surface area contributed by atoms with Crippen molar-refractivity contribution in [2.75, 3.05) is 26.7 Å². The molecule has 0 aromatic heterocycles. The van der Waals surface area contributed by atoms with E-state index in [0.717, 1.165) is 30.4 Å². The predicted octanol–water partition coefficient (Wildman–Crippen LogP) is 3.58. The van der Waals surface area contributed by atoms with Crippen LogP contribution in [-0.4, -0.2) is 42.3 Å². The SMILES string of the molecule is CCCNC(CCN(C)CC(C)(C)O)c1ccc(Br)cc1. The van der Waals surface area contributed by atoms with Crippen molar-refractivity contribution in [3.05, 3.63) is 34.3 Å². The van der Waals surface area contributed by atoms with Gasteiger partial charge in [0, 0.05) is 17.1 Å². The van der Waals surface area contributed by atoms with Gasteiger partial charge in [0.2, 0.25) is 0 Å². The van der Waals surface area contributed by atoms with Crippen molar-refractivity contribution in [3.8, 4) is 0 Å². The zero-order valence-corrected chi connectivity index (χ0v) is 15.3. The number of halogens is 1. The number of likely N-dealkylation sites (N-methyl/N-ethyl adjacent to an activating group) is 1. The van der Waals surface area contributed by atoms with Crippen LogP contribution in [0.1, 0.15) is 45.2 Å². The summed E-state index contributed by atoms with van der Waals surface area (Å²) in [5.41, 5.74) is 0.682. The molecule has 1 unspecified atom stereocenters. The maximum atomic E-state index is 9.88. The Kier molecular flexibility index (Phi) is 7.88. The van der Waals surface area contributed by atoms with Crippen LogP contribution >= 0.6 is 15.9 Å². The van der Waals surface area contributed by atoms with Gasteiger partial charge in [-0.1, -0.05) is 35.0 Å². The molecule has 3 nitrogen and oxygen atoms in total. The lowest BCUT2D eigenvalue weighted by molar-refractivity contribution is 0.0435. The quantitative estimate of drug-likeness (QED) is 0.709. The number of rotatable bonds is 9. The van der Waals surface area contributed by atoms with Gasteiger partial charge in [-0.25, -0.2) is 0 Å². The van der Waals surface area contributed by atoms with Crippen molar-refractivity contribution < 1.29 is 5.11 Å². The highest BCUT2D eigenvalue weighted by atomic mass is 79.9. The van der Waals surface area contributed by atoms with Gasteiger partial charge in [0.15, 0.2) is 0 Å². The molecule has 1 atom stereocenters. The number of aliphatic hydroxyl groups is 1. The molecular formula is C17H29BrN2O. The summed E-state index contributed by atoms with van der Waals surface area (Å²) in [7, 11) is 2.07. The summed E-state index contributed by atoms with van der Waals surface area (Å²) in [5, 5.41) is 13.5. The summed E-state index contributed by atoms with van der Waals surface area (Å²) in [5.74, 6) is 0. The van der Waals surface area contributed by atoms with Gasteiger partial charge in [-0.3, -0.25) is 0 Å².